The topological polar surface area (TPSA) is 320 Å². The maximum absolute atomic E-state index is 12.1. The number of phenolic OH excluding ortho intramolecular Hbond substituents is 2. The van der Waals surface area contributed by atoms with Crippen LogP contribution < -0.4 is 37.6 Å². The van der Waals surface area contributed by atoms with Crippen molar-refractivity contribution in [3.05, 3.63) is 69.1 Å². The second-order valence-electron chi connectivity index (χ2n) is 23.5. The Bertz CT molecular complexity index is 3010. The molecule has 6 aliphatic rings. The van der Waals surface area contributed by atoms with Crippen LogP contribution in [0.5, 0.6) is 11.5 Å². The molecular weight excluding hydrogens is 1920 g/mol. The molecule has 0 atom stereocenters. The Morgan fingerprint density at radius 1 is 0.703 bits per heavy atom. The Morgan fingerprint density at radius 3 is 1.37 bits per heavy atom. The first kappa shape index (κ1) is 91.2. The van der Waals surface area contributed by atoms with Gasteiger partial charge in [0.1, 0.15) is 5.82 Å². The SMILES string of the molecule is C.CC1(C)CCC2(CC1)NC(=O)Nc1[c-]cc(N)c(O)c12.CC1(C)CCC2(CC1)NC(=O)Nc1[c-]cc([N+](=O)[O-])c(O)c12.CC1(C)CCC2(CC1)NC(=O)Nc1[c-]cc3nc(CCl)oc3c12.CCOC(=N)CCl.CI.COC(CCl)(OC)OC.IC(I)I.[Y].[Y].[Y]. The van der Waals surface area contributed by atoms with Gasteiger partial charge >= 0.3 is 18.1 Å². The number of urea groups is 3. The van der Waals surface area contributed by atoms with Crippen LogP contribution in [-0.4, -0.2) is 94.6 Å². The number of ether oxygens (including phenoxy) is 4. The maximum atomic E-state index is 12.1. The molecule has 4 heterocycles. The predicted octanol–water partition coefficient (Wildman–Crippen LogP) is 16.3. The average Bonchev–Trinajstić information content (AvgIpc) is 1.60. The van der Waals surface area contributed by atoms with E-state index in [1.807, 2.05) is 11.9 Å². The van der Waals surface area contributed by atoms with Crippen LogP contribution in [0.4, 0.5) is 42.8 Å². The number of aromatic hydroxyl groups is 2. The number of methoxy groups -OCH3 is 3. The summed E-state index contributed by atoms with van der Waals surface area (Å²) < 4.78 is 25.7. The van der Waals surface area contributed by atoms with E-state index in [1.165, 1.54) is 27.4 Å². The summed E-state index contributed by atoms with van der Waals surface area (Å²) >= 11 is 25.6. The summed E-state index contributed by atoms with van der Waals surface area (Å²) in [5, 5.41) is 55.7. The van der Waals surface area contributed by atoms with Gasteiger partial charge in [0, 0.05) is 147 Å². The minimum absolute atomic E-state index is 0. The summed E-state index contributed by atoms with van der Waals surface area (Å²) in [5.74, 6) is -0.206. The zero-order valence-electron chi connectivity index (χ0n) is 52.4. The number of fused-ring (bicyclic) bond motifs is 8. The summed E-state index contributed by atoms with van der Waals surface area (Å²) in [4.78, 5) is 52.8. The summed E-state index contributed by atoms with van der Waals surface area (Å²) in [5.41, 5.74) is 9.77. The van der Waals surface area contributed by atoms with Crippen molar-refractivity contribution in [2.75, 3.05) is 66.3 Å². The summed E-state index contributed by atoms with van der Waals surface area (Å²) in [6, 6.07) is 12.4. The van der Waals surface area contributed by atoms with Crippen LogP contribution in [-0.2, 0) is 140 Å². The largest absolute Gasteiger partial charge is 0.531 e. The monoisotopic (exact) mass is 2000 g/mol. The molecule has 3 fully saturated rings. The van der Waals surface area contributed by atoms with Gasteiger partial charge in [-0.2, -0.15) is 18.2 Å². The number of anilines is 4. The van der Waals surface area contributed by atoms with Crippen LogP contribution in [0.25, 0.3) is 11.1 Å². The Hall–Kier alpha value is 0.192. The molecule has 0 saturated heterocycles. The van der Waals surface area contributed by atoms with Crippen molar-refractivity contribution >= 4 is 189 Å². The molecule has 10 rings (SSSR count). The van der Waals surface area contributed by atoms with E-state index in [2.05, 4.69) is 192 Å². The molecule has 3 aliphatic heterocycles. The molecule has 3 spiro atoms. The normalized spacial score (nSPS) is 18.0. The number of rotatable bonds is 8. The minimum atomic E-state index is -1.07. The fraction of sp³-hybridized carbons (Fsp3) is 0.610. The van der Waals surface area contributed by atoms with Gasteiger partial charge in [0.2, 0.25) is 5.69 Å². The fourth-order valence-electron chi connectivity index (χ4n) is 11.0. The van der Waals surface area contributed by atoms with Crippen LogP contribution in [0.3, 0.4) is 0 Å². The van der Waals surface area contributed by atoms with E-state index in [0.29, 0.717) is 70.2 Å². The second kappa shape index (κ2) is 40.4. The molecule has 6 amide bonds. The maximum Gasteiger partial charge on any atom is 0.317 e. The number of halogens is 7. The number of nitrogen functional groups attached to an aromatic ring is 1. The molecule has 4 aromatic rings. The standard InChI is InChI=1S/C17H19ClN3O2.C15H18N3O4.C15H20N3O2.C5H11ClO3.C4H8ClNO.CHI3.CH3I.CH4.3Y/c1-16(2)5-7-17(8-6-16)13-10(20-15(22)21-17)3-4-11-14(13)23-12(9-18)19-11;1-14(2)5-7-15(8-6-14)11-9(16-13(20)17-15)3-4-10(12(11)19)18(21)22;1-14(2)5-7-15(8-6-14)11-10(17-13(20)18-15)4-3-9(16)12(11)19;1-7-5(4-6,8-2)9-3;1-2-7-4(6)3-5;2-1(3)4;1-2;;;;/h4H,5-9H2,1-2H3,(H2,20,21,22);4,19H,5-8H2,1-2H3,(H2,16,17,20);3,19H,5-8,16H2,1-2H3,(H2,17,18,20);4H2,1-3H3;6H,2-3H2,1H3;1H;1H3;1H4;;;/q3*-1;;;;;;;;. The van der Waals surface area contributed by atoms with Gasteiger partial charge in [-0.05, 0) is 116 Å². The number of amides is 6. The Labute approximate surface area is 680 Å². The quantitative estimate of drug-likeness (QED) is 0.00749. The number of alkyl halides is 7. The molecule has 22 nitrogen and oxygen atoms in total. The number of nitro groups is 1. The molecule has 3 saturated carbocycles. The van der Waals surface area contributed by atoms with E-state index in [4.69, 9.17) is 64.6 Å². The van der Waals surface area contributed by atoms with Crippen molar-refractivity contribution in [3.63, 3.8) is 0 Å². The molecular formula is C59H84Cl3I4N10O12Y3-3. The second-order valence-corrected chi connectivity index (χ2v) is 35.2. The predicted molar refractivity (Wildman–Crippen MR) is 383 cm³/mol. The van der Waals surface area contributed by atoms with Gasteiger partial charge in [-0.3, -0.25) is 20.5 Å². The molecule has 0 unspecified atom stereocenters. The number of benzene rings is 3. The van der Waals surface area contributed by atoms with Crippen molar-refractivity contribution < 1.29 is 151 Å². The number of hydrogen-bond acceptors (Lipinski definition) is 15. The van der Waals surface area contributed by atoms with Crippen LogP contribution in [0, 0.1) is 50.0 Å². The number of nitrogens with zero attached hydrogens (tertiary/aromatic N) is 2. The molecule has 0 bridgehead atoms. The van der Waals surface area contributed by atoms with Gasteiger partial charge < -0.3 is 71.2 Å². The number of nitrogens with one attached hydrogen (secondary N) is 7. The fourth-order valence-corrected chi connectivity index (χ4v) is 11.5. The molecule has 503 valence electrons. The third-order valence-electron chi connectivity index (χ3n) is 16.2. The van der Waals surface area contributed by atoms with E-state index >= 15 is 0 Å². The van der Waals surface area contributed by atoms with E-state index < -0.39 is 27.5 Å². The number of carbonyl (C=O) groups is 3. The molecule has 1 aromatic heterocycles. The number of hydrogen-bond donors (Lipinski definition) is 10. The molecule has 11 N–H and O–H groups in total. The van der Waals surface area contributed by atoms with Gasteiger partial charge in [0.25, 0.3) is 5.97 Å². The summed E-state index contributed by atoms with van der Waals surface area (Å²) in [6.07, 6.45) is 10.4. The summed E-state index contributed by atoms with van der Waals surface area (Å²) in [6.45, 7) is 15.7. The van der Waals surface area contributed by atoms with Crippen molar-refractivity contribution in [2.45, 2.75) is 161 Å². The van der Waals surface area contributed by atoms with E-state index in [-0.39, 0.29) is 175 Å². The van der Waals surface area contributed by atoms with E-state index in [1.54, 1.807) is 6.07 Å². The number of phenols is 2. The number of aromatic nitrogens is 1. The summed E-state index contributed by atoms with van der Waals surface area (Å²) in [7, 11) is 4.40. The van der Waals surface area contributed by atoms with Gasteiger partial charge in [-0.25, -0.2) is 14.4 Å². The van der Waals surface area contributed by atoms with E-state index in [9.17, 15) is 34.7 Å². The first-order chi connectivity index (χ1) is 40.8. The minimum Gasteiger partial charge on any atom is -0.531 e. The first-order valence-electron chi connectivity index (χ1n) is 27.7. The molecule has 32 heteroatoms. The number of carbonyl (C=O) groups excluding carboxylic acids is 3. The number of oxazole rings is 1. The first-order valence-corrected chi connectivity index (χ1v) is 35.2. The average molecular weight is 2010 g/mol. The van der Waals surface area contributed by atoms with Crippen molar-refractivity contribution in [3.8, 4) is 11.5 Å². The van der Waals surface area contributed by atoms with Gasteiger partial charge in [0.05, 0.1) is 29.7 Å². The number of nitro benzene ring substituents is 1. The molecule has 3 aromatic carbocycles. The Balaban J connectivity index is 0.00000113. The van der Waals surface area contributed by atoms with Gasteiger partial charge in [-0.15, -0.1) is 46.9 Å². The van der Waals surface area contributed by atoms with Crippen molar-refractivity contribution in [1.29, 1.82) is 5.41 Å². The Morgan fingerprint density at radius 2 is 1.05 bits per heavy atom. The smallest absolute Gasteiger partial charge is 0.317 e. The van der Waals surface area contributed by atoms with Crippen LogP contribution in [0.2, 0.25) is 0 Å². The third-order valence-corrected chi connectivity index (χ3v) is 17.0. The zero-order valence-corrected chi connectivity index (χ0v) is 71.9. The van der Waals surface area contributed by atoms with Crippen LogP contribution in [0.15, 0.2) is 22.6 Å². The number of nitrogens with two attached hydrogens (primary N) is 1. The van der Waals surface area contributed by atoms with Gasteiger partial charge in [0.15, 0.2) is 11.8 Å². The van der Waals surface area contributed by atoms with Crippen LogP contribution in [0.1, 0.15) is 156 Å². The zero-order chi connectivity index (χ0) is 65.5. The third kappa shape index (κ3) is 24.5. The van der Waals surface area contributed by atoms with Gasteiger partial charge in [-0.1, -0.05) is 179 Å². The molecule has 3 aliphatic carbocycles. The van der Waals surface area contributed by atoms with Crippen molar-refractivity contribution in [1.82, 2.24) is 20.9 Å². The van der Waals surface area contributed by atoms with Crippen LogP contribution >= 0.6 is 125 Å². The molecule has 3 radical (unpaired) electrons. The Kier molecular flexibility index (Phi) is 40.5. The van der Waals surface area contributed by atoms with E-state index in [0.717, 1.165) is 81.3 Å². The molecule has 91 heavy (non-hydrogen) atoms. The van der Waals surface area contributed by atoms with Crippen molar-refractivity contribution in [2.24, 2.45) is 16.2 Å².